The SMILES string of the molecule is COC(=O)[C@H](C)NC(=O)c1ccc([N+](=O)[O-])cc1F. The summed E-state index contributed by atoms with van der Waals surface area (Å²) in [7, 11) is 1.15. The van der Waals surface area contributed by atoms with Crippen LogP contribution in [-0.2, 0) is 9.53 Å². The number of rotatable bonds is 4. The van der Waals surface area contributed by atoms with Crippen molar-refractivity contribution in [2.45, 2.75) is 13.0 Å². The van der Waals surface area contributed by atoms with E-state index in [1.54, 1.807) is 0 Å². The van der Waals surface area contributed by atoms with Crippen molar-refractivity contribution >= 4 is 17.6 Å². The third-order valence-electron chi connectivity index (χ3n) is 2.31. The number of ether oxygens (including phenoxy) is 1. The number of non-ortho nitro benzene ring substituents is 1. The van der Waals surface area contributed by atoms with Crippen LogP contribution in [0.15, 0.2) is 18.2 Å². The summed E-state index contributed by atoms with van der Waals surface area (Å²) < 4.78 is 17.9. The molecule has 0 aliphatic rings. The van der Waals surface area contributed by atoms with Crippen molar-refractivity contribution in [3.63, 3.8) is 0 Å². The number of methoxy groups -OCH3 is 1. The summed E-state index contributed by atoms with van der Waals surface area (Å²) in [5, 5.41) is 12.6. The van der Waals surface area contributed by atoms with Crippen LogP contribution in [0.5, 0.6) is 0 Å². The molecular weight excluding hydrogens is 259 g/mol. The lowest BCUT2D eigenvalue weighted by Gasteiger charge is -2.11. The van der Waals surface area contributed by atoms with Gasteiger partial charge in [0.15, 0.2) is 0 Å². The molecular formula is C11H11FN2O5. The Kier molecular flexibility index (Phi) is 4.51. The van der Waals surface area contributed by atoms with Gasteiger partial charge in [-0.2, -0.15) is 0 Å². The summed E-state index contributed by atoms with van der Waals surface area (Å²) in [6.07, 6.45) is 0. The first-order valence-electron chi connectivity index (χ1n) is 5.19. The summed E-state index contributed by atoms with van der Waals surface area (Å²) >= 11 is 0. The average Bonchev–Trinajstić information content (AvgIpc) is 2.37. The van der Waals surface area contributed by atoms with Gasteiger partial charge in [0.1, 0.15) is 11.9 Å². The summed E-state index contributed by atoms with van der Waals surface area (Å²) in [5.41, 5.74) is -0.851. The van der Waals surface area contributed by atoms with Crippen molar-refractivity contribution in [3.8, 4) is 0 Å². The Labute approximate surface area is 107 Å². The van der Waals surface area contributed by atoms with Crippen molar-refractivity contribution < 1.29 is 23.6 Å². The van der Waals surface area contributed by atoms with Gasteiger partial charge in [0.25, 0.3) is 11.6 Å². The standard InChI is InChI=1S/C11H11FN2O5/c1-6(11(16)19-2)13-10(15)8-4-3-7(14(17)18)5-9(8)12/h3-6H,1-2H3,(H,13,15)/t6-/m0/s1. The lowest BCUT2D eigenvalue weighted by molar-refractivity contribution is -0.385. The molecule has 0 aliphatic carbocycles. The van der Waals surface area contributed by atoms with E-state index < -0.39 is 34.3 Å². The lowest BCUT2D eigenvalue weighted by atomic mass is 10.1. The molecule has 7 nitrogen and oxygen atoms in total. The number of halogens is 1. The first kappa shape index (κ1) is 14.6. The monoisotopic (exact) mass is 270 g/mol. The third-order valence-corrected chi connectivity index (χ3v) is 2.31. The molecule has 1 aromatic carbocycles. The Bertz CT molecular complexity index is 532. The Balaban J connectivity index is 2.89. The molecule has 0 fully saturated rings. The predicted octanol–water partition coefficient (Wildman–Crippen LogP) is 1.03. The topological polar surface area (TPSA) is 98.5 Å². The lowest BCUT2D eigenvalue weighted by Crippen LogP contribution is -2.39. The van der Waals surface area contributed by atoms with Gasteiger partial charge in [-0.05, 0) is 13.0 Å². The minimum atomic E-state index is -1.04. The summed E-state index contributed by atoms with van der Waals surface area (Å²) in [6.45, 7) is 1.37. The number of carbonyl (C=O) groups is 2. The quantitative estimate of drug-likeness (QED) is 0.500. The van der Waals surface area contributed by atoms with Crippen molar-refractivity contribution in [2.24, 2.45) is 0 Å². The molecule has 8 heteroatoms. The molecule has 1 atom stereocenters. The van der Waals surface area contributed by atoms with E-state index in [0.717, 1.165) is 19.2 Å². The van der Waals surface area contributed by atoms with Gasteiger partial charge in [-0.3, -0.25) is 14.9 Å². The molecule has 0 saturated heterocycles. The van der Waals surface area contributed by atoms with Gasteiger partial charge in [0, 0.05) is 6.07 Å². The molecule has 0 saturated carbocycles. The van der Waals surface area contributed by atoms with Crippen LogP contribution in [0, 0.1) is 15.9 Å². The fraction of sp³-hybridized carbons (Fsp3) is 0.273. The van der Waals surface area contributed by atoms with E-state index >= 15 is 0 Å². The summed E-state index contributed by atoms with van der Waals surface area (Å²) in [6, 6.07) is 1.66. The van der Waals surface area contributed by atoms with Crippen LogP contribution >= 0.6 is 0 Å². The molecule has 0 aromatic heterocycles. The number of hydrogen-bond acceptors (Lipinski definition) is 5. The minimum absolute atomic E-state index is 0.388. The number of benzene rings is 1. The van der Waals surface area contributed by atoms with Crippen LogP contribution < -0.4 is 5.32 Å². The molecule has 1 rings (SSSR count). The van der Waals surface area contributed by atoms with Gasteiger partial charge in [-0.25, -0.2) is 9.18 Å². The van der Waals surface area contributed by atoms with Gasteiger partial charge in [-0.15, -0.1) is 0 Å². The maximum absolute atomic E-state index is 13.5. The summed E-state index contributed by atoms with van der Waals surface area (Å²) in [5.74, 6) is -2.58. The Morgan fingerprint density at radius 2 is 2.11 bits per heavy atom. The zero-order valence-corrected chi connectivity index (χ0v) is 10.2. The number of nitrogens with one attached hydrogen (secondary N) is 1. The third kappa shape index (κ3) is 3.47. The zero-order valence-electron chi connectivity index (χ0n) is 10.2. The maximum Gasteiger partial charge on any atom is 0.328 e. The largest absolute Gasteiger partial charge is 0.467 e. The highest BCUT2D eigenvalue weighted by Crippen LogP contribution is 2.16. The van der Waals surface area contributed by atoms with Gasteiger partial charge < -0.3 is 10.1 Å². The van der Waals surface area contributed by atoms with Crippen molar-refractivity contribution in [1.29, 1.82) is 0 Å². The highest BCUT2D eigenvalue weighted by molar-refractivity contribution is 5.97. The van der Waals surface area contributed by atoms with E-state index in [1.807, 2.05) is 0 Å². The normalized spacial score (nSPS) is 11.5. The van der Waals surface area contributed by atoms with Gasteiger partial charge >= 0.3 is 5.97 Å². The van der Waals surface area contributed by atoms with Crippen molar-refractivity contribution in [3.05, 3.63) is 39.7 Å². The van der Waals surface area contributed by atoms with Crippen LogP contribution in [-0.4, -0.2) is 30.0 Å². The van der Waals surface area contributed by atoms with E-state index in [-0.39, 0.29) is 5.56 Å². The van der Waals surface area contributed by atoms with Crippen LogP contribution in [0.3, 0.4) is 0 Å². The van der Waals surface area contributed by atoms with E-state index in [9.17, 15) is 24.1 Å². The Hall–Kier alpha value is -2.51. The van der Waals surface area contributed by atoms with E-state index in [4.69, 9.17) is 0 Å². The fourth-order valence-corrected chi connectivity index (χ4v) is 1.31. The Morgan fingerprint density at radius 1 is 1.47 bits per heavy atom. The van der Waals surface area contributed by atoms with E-state index in [0.29, 0.717) is 6.07 Å². The second-order valence-corrected chi connectivity index (χ2v) is 3.64. The van der Waals surface area contributed by atoms with Crippen LogP contribution in [0.1, 0.15) is 17.3 Å². The molecule has 19 heavy (non-hydrogen) atoms. The molecule has 0 unspecified atom stereocenters. The number of nitro groups is 1. The molecule has 0 radical (unpaired) electrons. The molecule has 1 aromatic rings. The van der Waals surface area contributed by atoms with Gasteiger partial charge in [0.2, 0.25) is 0 Å². The highest BCUT2D eigenvalue weighted by atomic mass is 19.1. The van der Waals surface area contributed by atoms with Crippen LogP contribution in [0.25, 0.3) is 0 Å². The fourth-order valence-electron chi connectivity index (χ4n) is 1.31. The molecule has 1 N–H and O–H groups in total. The number of carbonyl (C=O) groups excluding carboxylic acids is 2. The highest BCUT2D eigenvalue weighted by Gasteiger charge is 2.20. The first-order chi connectivity index (χ1) is 8.86. The molecule has 0 bridgehead atoms. The molecule has 0 spiro atoms. The first-order valence-corrected chi connectivity index (χ1v) is 5.19. The molecule has 102 valence electrons. The number of esters is 1. The number of hydrogen-bond donors (Lipinski definition) is 1. The average molecular weight is 270 g/mol. The van der Waals surface area contributed by atoms with Crippen LogP contribution in [0.2, 0.25) is 0 Å². The van der Waals surface area contributed by atoms with Crippen molar-refractivity contribution in [2.75, 3.05) is 7.11 Å². The Morgan fingerprint density at radius 3 is 2.58 bits per heavy atom. The smallest absolute Gasteiger partial charge is 0.328 e. The number of nitro benzene ring substituents is 1. The maximum atomic E-state index is 13.5. The predicted molar refractivity (Wildman–Crippen MR) is 62.0 cm³/mol. The van der Waals surface area contributed by atoms with Crippen LogP contribution in [0.4, 0.5) is 10.1 Å². The van der Waals surface area contributed by atoms with E-state index in [2.05, 4.69) is 10.1 Å². The second-order valence-electron chi connectivity index (χ2n) is 3.64. The number of amides is 1. The van der Waals surface area contributed by atoms with Gasteiger partial charge in [0.05, 0.1) is 23.7 Å². The second kappa shape index (κ2) is 5.89. The minimum Gasteiger partial charge on any atom is -0.467 e. The molecule has 0 aliphatic heterocycles. The summed E-state index contributed by atoms with van der Waals surface area (Å²) in [4.78, 5) is 32.4. The zero-order chi connectivity index (χ0) is 14.6. The van der Waals surface area contributed by atoms with Crippen molar-refractivity contribution in [1.82, 2.24) is 5.32 Å². The van der Waals surface area contributed by atoms with E-state index in [1.165, 1.54) is 6.92 Å². The molecule has 0 heterocycles. The number of nitrogens with zero attached hydrogens (tertiary/aromatic N) is 1. The molecule has 1 amide bonds. The van der Waals surface area contributed by atoms with Gasteiger partial charge in [-0.1, -0.05) is 0 Å².